The molecule has 40 heavy (non-hydrogen) atoms. The number of nitrogens with one attached hydrogen (secondary N) is 2. The second kappa shape index (κ2) is 9.45. The quantitative estimate of drug-likeness (QED) is 0.329. The van der Waals surface area contributed by atoms with Gasteiger partial charge in [0.2, 0.25) is 5.95 Å². The summed E-state index contributed by atoms with van der Waals surface area (Å²) in [5.74, 6) is -0.633. The summed E-state index contributed by atoms with van der Waals surface area (Å²) in [6.45, 7) is 7.19. The predicted molar refractivity (Wildman–Crippen MR) is 142 cm³/mol. The van der Waals surface area contributed by atoms with E-state index >= 15 is 0 Å². The van der Waals surface area contributed by atoms with Crippen LogP contribution in [0.5, 0.6) is 0 Å². The molecule has 1 aliphatic heterocycles. The van der Waals surface area contributed by atoms with Crippen LogP contribution in [0.3, 0.4) is 0 Å². The molecule has 0 unspecified atom stereocenters. The van der Waals surface area contributed by atoms with Gasteiger partial charge in [0.1, 0.15) is 17.7 Å². The van der Waals surface area contributed by atoms with Gasteiger partial charge in [-0.3, -0.25) is 4.79 Å². The molecule has 5 rings (SSSR count). The molecule has 3 heterocycles. The number of alkyl halides is 3. The van der Waals surface area contributed by atoms with E-state index in [9.17, 15) is 27.6 Å². The number of halogens is 4. The number of rotatable bonds is 5. The second-order valence-corrected chi connectivity index (χ2v) is 11.1. The van der Waals surface area contributed by atoms with Crippen molar-refractivity contribution >= 4 is 22.7 Å². The minimum atomic E-state index is -4.73. The van der Waals surface area contributed by atoms with Crippen LogP contribution < -0.4 is 16.2 Å². The molecule has 4 aromatic rings. The molecule has 0 bridgehead atoms. The summed E-state index contributed by atoms with van der Waals surface area (Å²) in [5.41, 5.74) is 0.602. The van der Waals surface area contributed by atoms with Crippen molar-refractivity contribution in [1.82, 2.24) is 24.6 Å². The van der Waals surface area contributed by atoms with Crippen molar-refractivity contribution in [2.45, 2.75) is 57.8 Å². The van der Waals surface area contributed by atoms with Crippen LogP contribution >= 0.6 is 0 Å². The molecule has 0 amide bonds. The summed E-state index contributed by atoms with van der Waals surface area (Å²) in [6.07, 6.45) is -3.56. The lowest BCUT2D eigenvalue weighted by molar-refractivity contribution is -0.144. The predicted octanol–water partition coefficient (Wildman–Crippen LogP) is 5.21. The van der Waals surface area contributed by atoms with E-state index in [0.717, 1.165) is 22.9 Å². The highest BCUT2D eigenvalue weighted by molar-refractivity contribution is 5.77. The number of nitrogens with zero attached hydrogens (tertiary/aromatic N) is 5. The molecule has 0 saturated carbocycles. The summed E-state index contributed by atoms with van der Waals surface area (Å²) in [7, 11) is 0. The third kappa shape index (κ3) is 4.93. The molecule has 12 heteroatoms. The zero-order valence-electron chi connectivity index (χ0n) is 22.3. The SMILES string of the molecule is CC(C)(C#N)c1cc(-n2c3nc(Nc4ccc5c(c4)CNCC5(C)C)ncc3c(=O)n2CC(F)(F)F)ccc1F. The van der Waals surface area contributed by atoms with Crippen molar-refractivity contribution in [3.05, 3.63) is 75.5 Å². The number of hydrogen-bond donors (Lipinski definition) is 2. The molecule has 0 aliphatic carbocycles. The minimum Gasteiger partial charge on any atom is -0.324 e. The van der Waals surface area contributed by atoms with Gasteiger partial charge in [0.15, 0.2) is 5.65 Å². The number of benzene rings is 2. The first-order valence-electron chi connectivity index (χ1n) is 12.6. The zero-order chi connectivity index (χ0) is 29.0. The van der Waals surface area contributed by atoms with Crippen molar-refractivity contribution < 1.29 is 17.6 Å². The van der Waals surface area contributed by atoms with E-state index in [0.29, 0.717) is 16.9 Å². The summed E-state index contributed by atoms with van der Waals surface area (Å²) in [6, 6.07) is 11.4. The van der Waals surface area contributed by atoms with Crippen molar-refractivity contribution in [3.63, 3.8) is 0 Å². The van der Waals surface area contributed by atoms with Gasteiger partial charge >= 0.3 is 6.18 Å². The Kier molecular flexibility index (Phi) is 6.45. The molecule has 2 N–H and O–H groups in total. The Balaban J connectivity index is 1.65. The van der Waals surface area contributed by atoms with Gasteiger partial charge in [0.25, 0.3) is 5.56 Å². The first-order chi connectivity index (χ1) is 18.7. The summed E-state index contributed by atoms with van der Waals surface area (Å²) in [4.78, 5) is 21.7. The number of aromatic nitrogens is 4. The van der Waals surface area contributed by atoms with Crippen molar-refractivity contribution in [3.8, 4) is 11.8 Å². The fourth-order valence-electron chi connectivity index (χ4n) is 5.06. The van der Waals surface area contributed by atoms with Crippen LogP contribution in [0.4, 0.5) is 29.2 Å². The fourth-order valence-corrected chi connectivity index (χ4v) is 5.06. The fraction of sp³-hybridized carbons (Fsp3) is 0.357. The van der Waals surface area contributed by atoms with Crippen molar-refractivity contribution in [2.24, 2.45) is 0 Å². The summed E-state index contributed by atoms with van der Waals surface area (Å²) >= 11 is 0. The monoisotopic (exact) mass is 553 g/mol. The van der Waals surface area contributed by atoms with Crippen LogP contribution in [0.15, 0.2) is 47.4 Å². The molecule has 208 valence electrons. The van der Waals surface area contributed by atoms with E-state index in [4.69, 9.17) is 0 Å². The molecule has 0 radical (unpaired) electrons. The highest BCUT2D eigenvalue weighted by Crippen LogP contribution is 2.32. The average molecular weight is 554 g/mol. The third-order valence-corrected chi connectivity index (χ3v) is 7.12. The van der Waals surface area contributed by atoms with E-state index in [-0.39, 0.29) is 33.6 Å². The van der Waals surface area contributed by atoms with E-state index in [1.54, 1.807) is 0 Å². The topological polar surface area (TPSA) is 101 Å². The number of fused-ring (bicyclic) bond motifs is 2. The van der Waals surface area contributed by atoms with Gasteiger partial charge in [-0.05, 0) is 55.3 Å². The molecule has 8 nitrogen and oxygen atoms in total. The highest BCUT2D eigenvalue weighted by atomic mass is 19.4. The lowest BCUT2D eigenvalue weighted by Gasteiger charge is -2.33. The zero-order valence-corrected chi connectivity index (χ0v) is 22.3. The van der Waals surface area contributed by atoms with Gasteiger partial charge in [-0.1, -0.05) is 19.9 Å². The summed E-state index contributed by atoms with van der Waals surface area (Å²) < 4.78 is 56.9. The van der Waals surface area contributed by atoms with Gasteiger partial charge < -0.3 is 10.6 Å². The Bertz CT molecular complexity index is 1730. The maximum atomic E-state index is 14.7. The van der Waals surface area contributed by atoms with E-state index in [2.05, 4.69) is 34.4 Å². The molecular weight excluding hydrogens is 526 g/mol. The second-order valence-electron chi connectivity index (χ2n) is 11.1. The molecule has 2 aromatic heterocycles. The van der Waals surface area contributed by atoms with Crippen LogP contribution in [0.1, 0.15) is 44.4 Å². The maximum absolute atomic E-state index is 14.7. The molecule has 0 fully saturated rings. The molecule has 1 aliphatic rings. The number of hydrogen-bond acceptors (Lipinski definition) is 6. The van der Waals surface area contributed by atoms with Gasteiger partial charge in [0, 0.05) is 36.0 Å². The largest absolute Gasteiger partial charge is 0.408 e. The van der Waals surface area contributed by atoms with Crippen LogP contribution in [0, 0.1) is 17.1 Å². The smallest absolute Gasteiger partial charge is 0.324 e. The molecule has 0 atom stereocenters. The Morgan fingerprint density at radius 3 is 2.62 bits per heavy atom. The average Bonchev–Trinajstić information content (AvgIpc) is 3.13. The lowest BCUT2D eigenvalue weighted by atomic mass is 9.79. The first kappa shape index (κ1) is 27.3. The Morgan fingerprint density at radius 1 is 1.18 bits per heavy atom. The molecule has 2 aromatic carbocycles. The molecular formula is C28H27F4N7O. The molecule has 0 spiro atoms. The van der Waals surface area contributed by atoms with Gasteiger partial charge in [-0.25, -0.2) is 18.7 Å². The minimum absolute atomic E-state index is 0.0293. The van der Waals surface area contributed by atoms with Gasteiger partial charge in [-0.15, -0.1) is 0 Å². The lowest BCUT2D eigenvalue weighted by Crippen LogP contribution is -2.38. The van der Waals surface area contributed by atoms with Crippen molar-refractivity contribution in [2.75, 3.05) is 11.9 Å². The molecule has 0 saturated heterocycles. The number of anilines is 2. The normalized spacial score (nSPS) is 15.1. The Hall–Kier alpha value is -4.24. The van der Waals surface area contributed by atoms with Crippen molar-refractivity contribution in [1.29, 1.82) is 5.26 Å². The Morgan fingerprint density at radius 2 is 1.93 bits per heavy atom. The van der Waals surface area contributed by atoms with E-state index in [1.807, 2.05) is 24.3 Å². The standard InChI is InChI=1S/C28H27F4N7O/c1-26(2,13-33)21-10-18(6-8-22(21)29)39-23-19(24(40)38(39)15-28(30,31)32)12-35-25(37-23)36-17-5-7-20-16(9-17)11-34-14-27(20,3)4/h5-10,12,34H,11,14-15H2,1-4H3,(H,35,36,37). The third-order valence-electron chi connectivity index (χ3n) is 7.12. The highest BCUT2D eigenvalue weighted by Gasteiger charge is 2.33. The first-order valence-corrected chi connectivity index (χ1v) is 12.6. The van der Waals surface area contributed by atoms with Gasteiger partial charge in [0.05, 0.1) is 17.2 Å². The Labute approximate surface area is 227 Å². The van der Waals surface area contributed by atoms with Crippen LogP contribution in [0.25, 0.3) is 16.7 Å². The number of nitriles is 1. The summed E-state index contributed by atoms with van der Waals surface area (Å²) in [5, 5.41) is 15.9. The van der Waals surface area contributed by atoms with Crippen LogP contribution in [0.2, 0.25) is 0 Å². The van der Waals surface area contributed by atoms with Crippen LogP contribution in [-0.4, -0.2) is 32.1 Å². The van der Waals surface area contributed by atoms with Crippen LogP contribution in [-0.2, 0) is 23.9 Å². The maximum Gasteiger partial charge on any atom is 0.408 e. The van der Waals surface area contributed by atoms with Gasteiger partial charge in [-0.2, -0.15) is 23.4 Å². The van der Waals surface area contributed by atoms with E-state index in [1.165, 1.54) is 37.7 Å². The van der Waals surface area contributed by atoms with E-state index < -0.39 is 29.5 Å².